The Morgan fingerprint density at radius 2 is 2.17 bits per heavy atom. The van der Waals surface area contributed by atoms with E-state index in [-0.39, 0.29) is 5.91 Å². The summed E-state index contributed by atoms with van der Waals surface area (Å²) in [6.07, 6.45) is 3.07. The van der Waals surface area contributed by atoms with E-state index in [2.05, 4.69) is 53.3 Å². The van der Waals surface area contributed by atoms with Crippen molar-refractivity contribution in [1.82, 2.24) is 5.32 Å². The molecular weight excluding hydrogens is 290 g/mol. The molecule has 1 aliphatic rings. The molecule has 0 radical (unpaired) electrons. The van der Waals surface area contributed by atoms with E-state index in [0.29, 0.717) is 11.2 Å². The van der Waals surface area contributed by atoms with E-state index in [9.17, 15) is 4.79 Å². The first-order chi connectivity index (χ1) is 8.56. The SMILES string of the molecule is Cc1ccc(C)c(CC(=O)NCC(Br)C2CC2)c1. The van der Waals surface area contributed by atoms with Crippen LogP contribution in [0.5, 0.6) is 0 Å². The molecule has 0 saturated heterocycles. The quantitative estimate of drug-likeness (QED) is 0.832. The summed E-state index contributed by atoms with van der Waals surface area (Å²) in [6.45, 7) is 4.86. The third-order valence-electron chi connectivity index (χ3n) is 3.48. The molecule has 1 aromatic rings. The topological polar surface area (TPSA) is 29.1 Å². The van der Waals surface area contributed by atoms with Crippen molar-refractivity contribution in [3.8, 4) is 0 Å². The zero-order chi connectivity index (χ0) is 13.1. The molecule has 0 aliphatic heterocycles. The van der Waals surface area contributed by atoms with E-state index >= 15 is 0 Å². The number of hydrogen-bond donors (Lipinski definition) is 1. The van der Waals surface area contributed by atoms with Crippen LogP contribution in [0.2, 0.25) is 0 Å². The highest BCUT2D eigenvalue weighted by atomic mass is 79.9. The van der Waals surface area contributed by atoms with Gasteiger partial charge in [0.2, 0.25) is 5.91 Å². The molecule has 1 unspecified atom stereocenters. The van der Waals surface area contributed by atoms with Crippen LogP contribution in [0.15, 0.2) is 18.2 Å². The van der Waals surface area contributed by atoms with Gasteiger partial charge in [0.1, 0.15) is 0 Å². The minimum absolute atomic E-state index is 0.119. The number of benzene rings is 1. The van der Waals surface area contributed by atoms with Crippen LogP contribution in [0, 0.1) is 19.8 Å². The molecule has 0 spiro atoms. The Labute approximate surface area is 117 Å². The lowest BCUT2D eigenvalue weighted by atomic mass is 10.0. The van der Waals surface area contributed by atoms with Crippen molar-refractivity contribution in [3.05, 3.63) is 34.9 Å². The van der Waals surface area contributed by atoms with Crippen LogP contribution >= 0.6 is 15.9 Å². The van der Waals surface area contributed by atoms with E-state index in [4.69, 9.17) is 0 Å². The standard InChI is InChI=1S/C15H20BrNO/c1-10-3-4-11(2)13(7-10)8-15(18)17-9-14(16)12-5-6-12/h3-4,7,12,14H,5-6,8-9H2,1-2H3,(H,17,18). The smallest absolute Gasteiger partial charge is 0.224 e. The van der Waals surface area contributed by atoms with Gasteiger partial charge in [-0.2, -0.15) is 0 Å². The molecule has 0 heterocycles. The molecule has 1 aliphatic carbocycles. The Kier molecular flexibility index (Phi) is 4.44. The van der Waals surface area contributed by atoms with E-state index in [1.165, 1.54) is 24.0 Å². The predicted molar refractivity (Wildman–Crippen MR) is 78.1 cm³/mol. The number of aryl methyl sites for hydroxylation is 2. The maximum Gasteiger partial charge on any atom is 0.224 e. The van der Waals surface area contributed by atoms with Gasteiger partial charge in [-0.3, -0.25) is 4.79 Å². The highest BCUT2D eigenvalue weighted by molar-refractivity contribution is 9.09. The van der Waals surface area contributed by atoms with Gasteiger partial charge in [-0.15, -0.1) is 0 Å². The number of carbonyl (C=O) groups is 1. The Hall–Kier alpha value is -0.830. The molecule has 2 rings (SSSR count). The molecule has 3 heteroatoms. The number of nitrogens with one attached hydrogen (secondary N) is 1. The van der Waals surface area contributed by atoms with Crippen molar-refractivity contribution in [2.75, 3.05) is 6.54 Å². The lowest BCUT2D eigenvalue weighted by Crippen LogP contribution is -2.31. The molecule has 0 aromatic heterocycles. The normalized spacial score (nSPS) is 16.4. The van der Waals surface area contributed by atoms with Crippen molar-refractivity contribution in [2.45, 2.75) is 37.9 Å². The third-order valence-corrected chi connectivity index (χ3v) is 4.55. The Balaban J connectivity index is 1.84. The van der Waals surface area contributed by atoms with Crippen LogP contribution in [0.25, 0.3) is 0 Å². The fourth-order valence-corrected chi connectivity index (χ4v) is 2.75. The van der Waals surface area contributed by atoms with Gasteiger partial charge in [-0.25, -0.2) is 0 Å². The average Bonchev–Trinajstić information content (AvgIpc) is 3.15. The van der Waals surface area contributed by atoms with Crippen LogP contribution in [0.1, 0.15) is 29.5 Å². The predicted octanol–water partition coefficient (Wildman–Crippen LogP) is 3.14. The fourth-order valence-electron chi connectivity index (χ4n) is 2.06. The summed E-state index contributed by atoms with van der Waals surface area (Å²) in [5, 5.41) is 3.01. The number of halogens is 1. The Morgan fingerprint density at radius 1 is 1.44 bits per heavy atom. The minimum atomic E-state index is 0.119. The van der Waals surface area contributed by atoms with Crippen LogP contribution in [0.4, 0.5) is 0 Å². The molecule has 0 bridgehead atoms. The van der Waals surface area contributed by atoms with Crippen LogP contribution in [-0.2, 0) is 11.2 Å². The summed E-state index contributed by atoms with van der Waals surface area (Å²) in [6, 6.07) is 6.26. The molecule has 1 fully saturated rings. The molecular formula is C15H20BrNO. The van der Waals surface area contributed by atoms with Crippen LogP contribution < -0.4 is 5.32 Å². The molecule has 1 saturated carbocycles. The van der Waals surface area contributed by atoms with Crippen molar-refractivity contribution in [3.63, 3.8) is 0 Å². The first-order valence-electron chi connectivity index (χ1n) is 6.53. The van der Waals surface area contributed by atoms with E-state index in [0.717, 1.165) is 18.0 Å². The van der Waals surface area contributed by atoms with E-state index in [1.54, 1.807) is 0 Å². The van der Waals surface area contributed by atoms with Crippen molar-refractivity contribution >= 4 is 21.8 Å². The Morgan fingerprint density at radius 3 is 2.83 bits per heavy atom. The number of hydrogen-bond acceptors (Lipinski definition) is 1. The molecule has 98 valence electrons. The number of amides is 1. The Bertz CT molecular complexity index is 440. The van der Waals surface area contributed by atoms with Crippen molar-refractivity contribution < 1.29 is 4.79 Å². The summed E-state index contributed by atoms with van der Waals surface area (Å²) in [5.74, 6) is 0.889. The molecule has 1 aromatic carbocycles. The van der Waals surface area contributed by atoms with Gasteiger partial charge in [-0.1, -0.05) is 39.7 Å². The summed E-state index contributed by atoms with van der Waals surface area (Å²) >= 11 is 3.63. The van der Waals surface area contributed by atoms with Gasteiger partial charge in [0.25, 0.3) is 0 Å². The number of carbonyl (C=O) groups excluding carboxylic acids is 1. The molecule has 1 amide bonds. The maximum absolute atomic E-state index is 11.9. The first kappa shape index (κ1) is 13.6. The minimum Gasteiger partial charge on any atom is -0.355 e. The van der Waals surface area contributed by atoms with E-state index in [1.807, 2.05) is 0 Å². The van der Waals surface area contributed by atoms with Gasteiger partial charge in [0, 0.05) is 11.4 Å². The molecule has 18 heavy (non-hydrogen) atoms. The van der Waals surface area contributed by atoms with Crippen LogP contribution in [-0.4, -0.2) is 17.3 Å². The van der Waals surface area contributed by atoms with E-state index < -0.39 is 0 Å². The number of alkyl halides is 1. The zero-order valence-electron chi connectivity index (χ0n) is 11.0. The van der Waals surface area contributed by atoms with Gasteiger partial charge >= 0.3 is 0 Å². The largest absolute Gasteiger partial charge is 0.355 e. The average molecular weight is 310 g/mol. The second-order valence-electron chi connectivity index (χ2n) is 5.26. The summed E-state index contributed by atoms with van der Waals surface area (Å²) < 4.78 is 0. The summed E-state index contributed by atoms with van der Waals surface area (Å²) in [4.78, 5) is 12.3. The number of rotatable bonds is 5. The van der Waals surface area contributed by atoms with Gasteiger partial charge in [-0.05, 0) is 43.7 Å². The summed E-state index contributed by atoms with van der Waals surface area (Å²) in [7, 11) is 0. The second-order valence-corrected chi connectivity index (χ2v) is 6.44. The zero-order valence-corrected chi connectivity index (χ0v) is 12.6. The second kappa shape index (κ2) is 5.87. The van der Waals surface area contributed by atoms with Gasteiger partial charge in [0.15, 0.2) is 0 Å². The highest BCUT2D eigenvalue weighted by Gasteiger charge is 2.29. The lowest BCUT2D eigenvalue weighted by Gasteiger charge is -2.11. The summed E-state index contributed by atoms with van der Waals surface area (Å²) in [5.41, 5.74) is 3.53. The third kappa shape index (κ3) is 3.84. The molecule has 1 atom stereocenters. The molecule has 2 nitrogen and oxygen atoms in total. The lowest BCUT2D eigenvalue weighted by molar-refractivity contribution is -0.120. The first-order valence-corrected chi connectivity index (χ1v) is 7.44. The molecule has 1 N–H and O–H groups in total. The van der Waals surface area contributed by atoms with Gasteiger partial charge in [0.05, 0.1) is 6.42 Å². The van der Waals surface area contributed by atoms with Gasteiger partial charge < -0.3 is 5.32 Å². The van der Waals surface area contributed by atoms with Crippen molar-refractivity contribution in [2.24, 2.45) is 5.92 Å². The monoisotopic (exact) mass is 309 g/mol. The highest BCUT2D eigenvalue weighted by Crippen LogP contribution is 2.36. The van der Waals surface area contributed by atoms with Crippen LogP contribution in [0.3, 0.4) is 0 Å². The fraction of sp³-hybridized carbons (Fsp3) is 0.533. The van der Waals surface area contributed by atoms with Crippen molar-refractivity contribution in [1.29, 1.82) is 0 Å². The maximum atomic E-state index is 11.9.